The summed E-state index contributed by atoms with van der Waals surface area (Å²) in [6.45, 7) is 1.76. The van der Waals surface area contributed by atoms with E-state index < -0.39 is 10.9 Å². The van der Waals surface area contributed by atoms with Crippen molar-refractivity contribution in [2.75, 3.05) is 24.8 Å². The summed E-state index contributed by atoms with van der Waals surface area (Å²) < 4.78 is 9.94. The number of rotatable bonds is 8. The molecule has 1 N–H and O–H groups in total. The van der Waals surface area contributed by atoms with Gasteiger partial charge in [-0.1, -0.05) is 0 Å². The van der Waals surface area contributed by atoms with Crippen LogP contribution in [0.25, 0.3) is 0 Å². The third kappa shape index (κ3) is 5.20. The second kappa shape index (κ2) is 9.20. The predicted octanol–water partition coefficient (Wildman–Crippen LogP) is 3.57. The van der Waals surface area contributed by atoms with E-state index >= 15 is 0 Å². The summed E-state index contributed by atoms with van der Waals surface area (Å²) in [5.41, 5.74) is -0.0219. The fourth-order valence-electron chi connectivity index (χ4n) is 1.90. The van der Waals surface area contributed by atoms with E-state index in [9.17, 15) is 19.7 Å². The Bertz CT molecular complexity index is 804. The van der Waals surface area contributed by atoms with Gasteiger partial charge >= 0.3 is 11.0 Å². The highest BCUT2D eigenvalue weighted by Gasteiger charge is 2.24. The van der Waals surface area contributed by atoms with Gasteiger partial charge in [-0.2, -0.15) is 0 Å². The second-order valence-corrected chi connectivity index (χ2v) is 6.90. The molecule has 1 heterocycles. The van der Waals surface area contributed by atoms with Crippen LogP contribution in [0.3, 0.4) is 0 Å². The zero-order valence-electron chi connectivity index (χ0n) is 14.0. The van der Waals surface area contributed by atoms with Gasteiger partial charge < -0.3 is 14.8 Å². The molecule has 0 radical (unpaired) electrons. The highest BCUT2D eigenvalue weighted by Crippen LogP contribution is 2.34. The first kappa shape index (κ1) is 19.7. The third-order valence-corrected chi connectivity index (χ3v) is 5.09. The lowest BCUT2D eigenvalue weighted by Gasteiger charge is -2.06. The Morgan fingerprint density at radius 1 is 1.31 bits per heavy atom. The molecule has 0 spiro atoms. The number of thioether (sulfide) groups is 1. The van der Waals surface area contributed by atoms with Crippen molar-refractivity contribution < 1.29 is 24.0 Å². The van der Waals surface area contributed by atoms with Gasteiger partial charge in [-0.15, -0.1) is 11.8 Å². The molecule has 1 aromatic carbocycles. The number of hydrogen-bond donors (Lipinski definition) is 1. The van der Waals surface area contributed by atoms with Crippen LogP contribution in [0.2, 0.25) is 0 Å². The summed E-state index contributed by atoms with van der Waals surface area (Å²) in [5.74, 6) is -0.299. The van der Waals surface area contributed by atoms with Crippen molar-refractivity contribution in [2.24, 2.45) is 0 Å². The average Bonchev–Trinajstić information content (AvgIpc) is 3.05. The van der Waals surface area contributed by atoms with Crippen LogP contribution in [-0.4, -0.2) is 36.3 Å². The van der Waals surface area contributed by atoms with Gasteiger partial charge in [0.25, 0.3) is 0 Å². The lowest BCUT2D eigenvalue weighted by atomic mass is 10.3. The fraction of sp³-hybridized carbons (Fsp3) is 0.250. The van der Waals surface area contributed by atoms with Gasteiger partial charge in [0, 0.05) is 11.0 Å². The number of amides is 1. The fourth-order valence-corrected chi connectivity index (χ4v) is 3.48. The molecule has 0 atom stereocenters. The number of nitrogens with one attached hydrogen (secondary N) is 1. The van der Waals surface area contributed by atoms with Crippen molar-refractivity contribution in [3.63, 3.8) is 0 Å². The van der Waals surface area contributed by atoms with Gasteiger partial charge in [-0.3, -0.25) is 14.9 Å². The number of nitro groups is 1. The quantitative estimate of drug-likeness (QED) is 0.314. The lowest BCUT2D eigenvalue weighted by Crippen LogP contribution is -2.15. The number of ether oxygens (including phenoxy) is 2. The predicted molar refractivity (Wildman–Crippen MR) is 99.3 cm³/mol. The number of thiophene rings is 1. The maximum atomic E-state index is 12.1. The maximum Gasteiger partial charge on any atom is 0.341 e. The van der Waals surface area contributed by atoms with Crippen LogP contribution in [0.15, 0.2) is 35.2 Å². The molecule has 0 aliphatic rings. The molecule has 0 aliphatic heterocycles. The first-order valence-corrected chi connectivity index (χ1v) is 9.26. The molecular formula is C16H16N2O6S2. The van der Waals surface area contributed by atoms with E-state index in [0.29, 0.717) is 5.75 Å². The number of hydrogen-bond acceptors (Lipinski definition) is 8. The minimum atomic E-state index is -0.713. The van der Waals surface area contributed by atoms with Crippen molar-refractivity contribution in [2.45, 2.75) is 11.8 Å². The van der Waals surface area contributed by atoms with E-state index in [-0.39, 0.29) is 33.8 Å². The second-order valence-electron chi connectivity index (χ2n) is 4.82. The van der Waals surface area contributed by atoms with E-state index in [1.54, 1.807) is 26.2 Å². The minimum Gasteiger partial charge on any atom is -0.497 e. The topological polar surface area (TPSA) is 108 Å². The van der Waals surface area contributed by atoms with Gasteiger partial charge in [0.05, 0.1) is 24.4 Å². The highest BCUT2D eigenvalue weighted by atomic mass is 32.2. The summed E-state index contributed by atoms with van der Waals surface area (Å²) >= 11 is 2.01. The Labute approximate surface area is 157 Å². The Morgan fingerprint density at radius 2 is 2.00 bits per heavy atom. The Balaban J connectivity index is 2.04. The van der Waals surface area contributed by atoms with Crippen molar-refractivity contribution in [3.05, 3.63) is 46.0 Å². The molecule has 1 amide bonds. The number of anilines is 1. The van der Waals surface area contributed by atoms with Gasteiger partial charge in [0.1, 0.15) is 16.3 Å². The van der Waals surface area contributed by atoms with E-state index in [2.05, 4.69) is 5.32 Å². The van der Waals surface area contributed by atoms with Gasteiger partial charge in [0.2, 0.25) is 5.91 Å². The SMILES string of the molecule is CCOC(=O)c1cc([N+](=O)[O-])sc1NC(=O)CSc1ccc(OC)cc1. The van der Waals surface area contributed by atoms with Crippen molar-refractivity contribution >= 4 is 45.0 Å². The number of carbonyl (C=O) groups is 2. The summed E-state index contributed by atoms with van der Waals surface area (Å²) in [4.78, 5) is 35.2. The van der Waals surface area contributed by atoms with Crippen LogP contribution >= 0.6 is 23.1 Å². The molecular weight excluding hydrogens is 380 g/mol. The molecule has 0 saturated heterocycles. The van der Waals surface area contributed by atoms with Crippen LogP contribution < -0.4 is 10.1 Å². The van der Waals surface area contributed by atoms with Crippen LogP contribution in [0.5, 0.6) is 5.75 Å². The molecule has 0 unspecified atom stereocenters. The maximum absolute atomic E-state index is 12.1. The Kier molecular flexibility index (Phi) is 6.98. The normalized spacial score (nSPS) is 10.2. The highest BCUT2D eigenvalue weighted by molar-refractivity contribution is 8.00. The van der Waals surface area contributed by atoms with Crippen molar-refractivity contribution in [1.82, 2.24) is 0 Å². The van der Waals surface area contributed by atoms with E-state index in [0.717, 1.165) is 22.3 Å². The first-order valence-electron chi connectivity index (χ1n) is 7.46. The average molecular weight is 396 g/mol. The van der Waals surface area contributed by atoms with Gasteiger partial charge in [-0.25, -0.2) is 4.79 Å². The largest absolute Gasteiger partial charge is 0.497 e. The molecule has 0 fully saturated rings. The monoisotopic (exact) mass is 396 g/mol. The molecule has 0 saturated carbocycles. The van der Waals surface area contributed by atoms with Crippen LogP contribution in [0.1, 0.15) is 17.3 Å². The molecule has 0 aliphatic carbocycles. The zero-order chi connectivity index (χ0) is 19.1. The molecule has 0 bridgehead atoms. The summed E-state index contributed by atoms with van der Waals surface area (Å²) in [7, 11) is 1.57. The number of esters is 1. The summed E-state index contributed by atoms with van der Waals surface area (Å²) in [6, 6.07) is 8.30. The van der Waals surface area contributed by atoms with Gasteiger partial charge in [0.15, 0.2) is 0 Å². The van der Waals surface area contributed by atoms with Gasteiger partial charge in [-0.05, 0) is 42.5 Å². The molecule has 26 heavy (non-hydrogen) atoms. The lowest BCUT2D eigenvalue weighted by molar-refractivity contribution is -0.380. The van der Waals surface area contributed by atoms with E-state index in [1.165, 1.54) is 11.8 Å². The van der Waals surface area contributed by atoms with E-state index in [4.69, 9.17) is 9.47 Å². The van der Waals surface area contributed by atoms with Crippen molar-refractivity contribution in [1.29, 1.82) is 0 Å². The minimum absolute atomic E-state index is 0.0219. The van der Waals surface area contributed by atoms with E-state index in [1.807, 2.05) is 12.1 Å². The third-order valence-electron chi connectivity index (χ3n) is 3.08. The Morgan fingerprint density at radius 3 is 2.58 bits per heavy atom. The van der Waals surface area contributed by atoms with Crippen molar-refractivity contribution in [3.8, 4) is 5.75 Å². The van der Waals surface area contributed by atoms with Crippen LogP contribution in [0, 0.1) is 10.1 Å². The zero-order valence-corrected chi connectivity index (χ0v) is 15.6. The number of carbonyl (C=O) groups excluding carboxylic acids is 2. The summed E-state index contributed by atoms with van der Waals surface area (Å²) in [5, 5.41) is 13.3. The smallest absolute Gasteiger partial charge is 0.341 e. The van der Waals surface area contributed by atoms with Crippen LogP contribution in [0.4, 0.5) is 10.0 Å². The molecule has 2 rings (SSSR count). The number of nitrogens with zero attached hydrogens (tertiary/aromatic N) is 1. The molecule has 2 aromatic rings. The summed E-state index contributed by atoms with van der Waals surface area (Å²) in [6.07, 6.45) is 0. The molecule has 1 aromatic heterocycles. The number of benzene rings is 1. The first-order chi connectivity index (χ1) is 12.4. The Hall–Kier alpha value is -2.59. The standard InChI is InChI=1S/C16H16N2O6S2/c1-3-24-16(20)12-8-14(18(21)22)26-15(12)17-13(19)9-25-11-6-4-10(23-2)5-7-11/h4-8H,3,9H2,1-2H3,(H,17,19). The number of methoxy groups -OCH3 is 1. The molecule has 10 heteroatoms. The molecule has 138 valence electrons. The molecule has 8 nitrogen and oxygen atoms in total. The van der Waals surface area contributed by atoms with Crippen LogP contribution in [-0.2, 0) is 9.53 Å².